The van der Waals surface area contributed by atoms with Gasteiger partial charge in [-0.15, -0.1) is 12.6 Å². The summed E-state index contributed by atoms with van der Waals surface area (Å²) in [6.45, 7) is 0.836. The normalized spacial score (nSPS) is 10.2. The molecule has 2 heteroatoms. The highest BCUT2D eigenvalue weighted by molar-refractivity contribution is 7.80. The smallest absolute Gasteiger partial charge is 0.0465 e. The first kappa shape index (κ1) is 9.62. The number of methoxy groups -OCH3 is 1. The highest BCUT2D eigenvalue weighted by Gasteiger charge is 1.91. The molecule has 0 saturated heterocycles. The standard InChI is InChI=1S/C10H14OS/c1-11-8-2-3-9-4-6-10(12)7-5-9/h4-7,12H,2-3,8H2,1H3. The zero-order valence-electron chi connectivity index (χ0n) is 7.29. The van der Waals surface area contributed by atoms with Gasteiger partial charge in [0.05, 0.1) is 0 Å². The van der Waals surface area contributed by atoms with Gasteiger partial charge in [-0.2, -0.15) is 0 Å². The molecule has 0 unspecified atom stereocenters. The van der Waals surface area contributed by atoms with E-state index < -0.39 is 0 Å². The monoisotopic (exact) mass is 182 g/mol. The van der Waals surface area contributed by atoms with Gasteiger partial charge in [0, 0.05) is 18.6 Å². The molecule has 0 spiro atoms. The fourth-order valence-electron chi connectivity index (χ4n) is 1.08. The van der Waals surface area contributed by atoms with Crippen LogP contribution in [0.4, 0.5) is 0 Å². The molecule has 0 aliphatic rings. The second-order valence-electron chi connectivity index (χ2n) is 2.76. The number of hydrogen-bond donors (Lipinski definition) is 1. The van der Waals surface area contributed by atoms with Crippen molar-refractivity contribution >= 4 is 12.6 Å². The zero-order valence-corrected chi connectivity index (χ0v) is 8.18. The van der Waals surface area contributed by atoms with Gasteiger partial charge in [-0.05, 0) is 30.5 Å². The van der Waals surface area contributed by atoms with Crippen molar-refractivity contribution in [3.05, 3.63) is 29.8 Å². The largest absolute Gasteiger partial charge is 0.385 e. The molecular weight excluding hydrogens is 168 g/mol. The topological polar surface area (TPSA) is 9.23 Å². The van der Waals surface area contributed by atoms with Crippen molar-refractivity contribution in [1.82, 2.24) is 0 Å². The molecule has 1 aromatic carbocycles. The van der Waals surface area contributed by atoms with E-state index in [9.17, 15) is 0 Å². The molecule has 0 bridgehead atoms. The Morgan fingerprint density at radius 1 is 1.25 bits per heavy atom. The third kappa shape index (κ3) is 3.28. The molecule has 0 radical (unpaired) electrons. The van der Waals surface area contributed by atoms with Gasteiger partial charge < -0.3 is 4.74 Å². The van der Waals surface area contributed by atoms with Crippen LogP contribution in [0, 0.1) is 0 Å². The molecule has 0 aliphatic carbocycles. The maximum atomic E-state index is 4.97. The second kappa shape index (κ2) is 5.22. The van der Waals surface area contributed by atoms with E-state index in [1.807, 2.05) is 12.1 Å². The average molecular weight is 182 g/mol. The molecule has 1 aromatic rings. The minimum Gasteiger partial charge on any atom is -0.385 e. The molecule has 0 fully saturated rings. The van der Waals surface area contributed by atoms with E-state index in [0.717, 1.165) is 24.3 Å². The Hall–Kier alpha value is -0.470. The van der Waals surface area contributed by atoms with Crippen molar-refractivity contribution in [3.63, 3.8) is 0 Å². The number of rotatable bonds is 4. The van der Waals surface area contributed by atoms with Gasteiger partial charge in [0.1, 0.15) is 0 Å². The Kier molecular flexibility index (Phi) is 4.19. The average Bonchev–Trinajstić information content (AvgIpc) is 2.09. The van der Waals surface area contributed by atoms with E-state index in [1.54, 1.807) is 7.11 Å². The molecule has 0 aromatic heterocycles. The Bertz CT molecular complexity index is 218. The SMILES string of the molecule is COCCCc1ccc(S)cc1. The summed E-state index contributed by atoms with van der Waals surface area (Å²) < 4.78 is 4.97. The maximum Gasteiger partial charge on any atom is 0.0465 e. The first-order chi connectivity index (χ1) is 5.83. The summed E-state index contributed by atoms with van der Waals surface area (Å²) in [6, 6.07) is 8.26. The van der Waals surface area contributed by atoms with Crippen LogP contribution in [0.3, 0.4) is 0 Å². The lowest BCUT2D eigenvalue weighted by molar-refractivity contribution is 0.195. The number of benzene rings is 1. The van der Waals surface area contributed by atoms with Crippen LogP contribution in [0.1, 0.15) is 12.0 Å². The number of aryl methyl sites for hydroxylation is 1. The Morgan fingerprint density at radius 3 is 2.50 bits per heavy atom. The van der Waals surface area contributed by atoms with Crippen LogP contribution in [-0.2, 0) is 11.2 Å². The lowest BCUT2D eigenvalue weighted by Crippen LogP contribution is -1.91. The summed E-state index contributed by atoms with van der Waals surface area (Å²) in [5, 5.41) is 0. The van der Waals surface area contributed by atoms with E-state index in [-0.39, 0.29) is 0 Å². The van der Waals surface area contributed by atoms with Gasteiger partial charge in [-0.25, -0.2) is 0 Å². The fraction of sp³-hybridized carbons (Fsp3) is 0.400. The molecule has 0 N–H and O–H groups in total. The van der Waals surface area contributed by atoms with E-state index in [0.29, 0.717) is 0 Å². The fourth-order valence-corrected chi connectivity index (χ4v) is 1.23. The van der Waals surface area contributed by atoms with Crippen LogP contribution in [0.2, 0.25) is 0 Å². The number of hydrogen-bond acceptors (Lipinski definition) is 2. The zero-order chi connectivity index (χ0) is 8.81. The minimum atomic E-state index is 0.836. The van der Waals surface area contributed by atoms with Crippen molar-refractivity contribution in [2.24, 2.45) is 0 Å². The molecule has 12 heavy (non-hydrogen) atoms. The third-order valence-electron chi connectivity index (χ3n) is 1.75. The van der Waals surface area contributed by atoms with Gasteiger partial charge >= 0.3 is 0 Å². The van der Waals surface area contributed by atoms with E-state index in [2.05, 4.69) is 24.8 Å². The quantitative estimate of drug-likeness (QED) is 0.556. The van der Waals surface area contributed by atoms with Crippen LogP contribution in [0.5, 0.6) is 0 Å². The van der Waals surface area contributed by atoms with Gasteiger partial charge in [-0.3, -0.25) is 0 Å². The van der Waals surface area contributed by atoms with Crippen LogP contribution >= 0.6 is 12.6 Å². The summed E-state index contributed by atoms with van der Waals surface area (Å²) in [5.41, 5.74) is 1.35. The third-order valence-corrected chi connectivity index (χ3v) is 2.05. The van der Waals surface area contributed by atoms with Crippen LogP contribution in [0.15, 0.2) is 29.2 Å². The number of thiol groups is 1. The van der Waals surface area contributed by atoms with Crippen molar-refractivity contribution in [2.75, 3.05) is 13.7 Å². The van der Waals surface area contributed by atoms with E-state index in [1.165, 1.54) is 5.56 Å². The summed E-state index contributed by atoms with van der Waals surface area (Å²) in [6.07, 6.45) is 2.17. The van der Waals surface area contributed by atoms with Gasteiger partial charge in [-0.1, -0.05) is 12.1 Å². The molecule has 1 nitrogen and oxygen atoms in total. The molecular formula is C10H14OS. The Morgan fingerprint density at radius 2 is 1.92 bits per heavy atom. The predicted octanol–water partition coefficient (Wildman–Crippen LogP) is 2.55. The molecule has 0 heterocycles. The van der Waals surface area contributed by atoms with Crippen LogP contribution in [-0.4, -0.2) is 13.7 Å². The summed E-state index contributed by atoms with van der Waals surface area (Å²) >= 11 is 4.22. The van der Waals surface area contributed by atoms with Crippen molar-refractivity contribution in [3.8, 4) is 0 Å². The van der Waals surface area contributed by atoms with E-state index >= 15 is 0 Å². The van der Waals surface area contributed by atoms with Crippen molar-refractivity contribution in [2.45, 2.75) is 17.7 Å². The molecule has 0 amide bonds. The predicted molar refractivity (Wildman–Crippen MR) is 53.9 cm³/mol. The summed E-state index contributed by atoms with van der Waals surface area (Å²) in [5.74, 6) is 0. The van der Waals surface area contributed by atoms with Gasteiger partial charge in [0.2, 0.25) is 0 Å². The van der Waals surface area contributed by atoms with Crippen molar-refractivity contribution in [1.29, 1.82) is 0 Å². The molecule has 66 valence electrons. The van der Waals surface area contributed by atoms with Crippen molar-refractivity contribution < 1.29 is 4.74 Å². The maximum absolute atomic E-state index is 4.97. The highest BCUT2D eigenvalue weighted by atomic mass is 32.1. The van der Waals surface area contributed by atoms with Crippen LogP contribution < -0.4 is 0 Å². The summed E-state index contributed by atoms with van der Waals surface area (Å²) in [4.78, 5) is 1.02. The Balaban J connectivity index is 2.37. The minimum absolute atomic E-state index is 0.836. The first-order valence-electron chi connectivity index (χ1n) is 4.10. The lowest BCUT2D eigenvalue weighted by atomic mass is 10.1. The molecule has 0 atom stereocenters. The van der Waals surface area contributed by atoms with Gasteiger partial charge in [0.25, 0.3) is 0 Å². The molecule has 0 saturated carbocycles. The van der Waals surface area contributed by atoms with E-state index in [4.69, 9.17) is 4.74 Å². The lowest BCUT2D eigenvalue weighted by Gasteiger charge is -2.00. The molecule has 1 rings (SSSR count). The summed E-state index contributed by atoms with van der Waals surface area (Å²) in [7, 11) is 1.73. The van der Waals surface area contributed by atoms with Crippen LogP contribution in [0.25, 0.3) is 0 Å². The second-order valence-corrected chi connectivity index (χ2v) is 3.28. The molecule has 0 aliphatic heterocycles. The number of ether oxygens (including phenoxy) is 1. The Labute approximate surface area is 79.2 Å². The highest BCUT2D eigenvalue weighted by Crippen LogP contribution is 2.09. The van der Waals surface area contributed by atoms with Gasteiger partial charge in [0.15, 0.2) is 0 Å². The first-order valence-corrected chi connectivity index (χ1v) is 4.54.